The molecule has 0 saturated heterocycles. The van der Waals surface area contributed by atoms with Crippen LogP contribution in [-0.2, 0) is 0 Å². The van der Waals surface area contributed by atoms with E-state index in [-0.39, 0.29) is 11.8 Å². The Hall–Kier alpha value is -2.28. The molecule has 0 spiro atoms. The standard InChI is InChI=1S/C20H26BrN3O3/c1-6-10-24(7-2)15-11-13(3)23-20(18(15)19(25)22-4)27-16-9-8-14(21)12-17(16)26-5/h8-9,11-12H,6-7,10H2,1-5H3,(H,22,25). The Labute approximate surface area is 169 Å². The molecule has 6 nitrogen and oxygen atoms in total. The van der Waals surface area contributed by atoms with Gasteiger partial charge in [-0.05, 0) is 44.5 Å². The molecule has 1 N–H and O–H groups in total. The maximum absolute atomic E-state index is 12.7. The van der Waals surface area contributed by atoms with Crippen LogP contribution >= 0.6 is 15.9 Å². The first kappa shape index (κ1) is 21.0. The molecular formula is C20H26BrN3O3. The number of carbonyl (C=O) groups excluding carboxylic acids is 1. The van der Waals surface area contributed by atoms with Crippen molar-refractivity contribution in [2.24, 2.45) is 0 Å². The van der Waals surface area contributed by atoms with Gasteiger partial charge in [0.05, 0.1) is 12.8 Å². The molecule has 1 amide bonds. The second-order valence-corrected chi connectivity index (χ2v) is 6.93. The zero-order chi connectivity index (χ0) is 20.0. The van der Waals surface area contributed by atoms with Crippen LogP contribution in [0.2, 0.25) is 0 Å². The van der Waals surface area contributed by atoms with Crippen LogP contribution in [-0.4, -0.2) is 38.1 Å². The van der Waals surface area contributed by atoms with E-state index >= 15 is 0 Å². The number of methoxy groups -OCH3 is 1. The van der Waals surface area contributed by atoms with Crippen molar-refractivity contribution in [3.05, 3.63) is 40.0 Å². The monoisotopic (exact) mass is 435 g/mol. The summed E-state index contributed by atoms with van der Waals surface area (Å²) in [5, 5.41) is 2.70. The average Bonchev–Trinajstić information content (AvgIpc) is 2.66. The minimum absolute atomic E-state index is 0.238. The Balaban J connectivity index is 2.61. The van der Waals surface area contributed by atoms with Gasteiger partial charge in [-0.15, -0.1) is 0 Å². The minimum atomic E-state index is -0.238. The maximum atomic E-state index is 12.7. The molecule has 0 aliphatic heterocycles. The Morgan fingerprint density at radius 2 is 2.00 bits per heavy atom. The first-order valence-corrected chi connectivity index (χ1v) is 9.74. The predicted molar refractivity (Wildman–Crippen MR) is 111 cm³/mol. The number of halogens is 1. The first-order chi connectivity index (χ1) is 12.9. The molecule has 0 fully saturated rings. The maximum Gasteiger partial charge on any atom is 0.258 e. The highest BCUT2D eigenvalue weighted by Crippen LogP contribution is 2.37. The van der Waals surface area contributed by atoms with Crippen LogP contribution in [0.4, 0.5) is 5.69 Å². The van der Waals surface area contributed by atoms with Crippen LogP contribution < -0.4 is 19.7 Å². The Bertz CT molecular complexity index is 811. The summed E-state index contributed by atoms with van der Waals surface area (Å²) in [7, 11) is 3.18. The second-order valence-electron chi connectivity index (χ2n) is 6.02. The van der Waals surface area contributed by atoms with E-state index in [0.29, 0.717) is 17.1 Å². The lowest BCUT2D eigenvalue weighted by Gasteiger charge is -2.26. The Morgan fingerprint density at radius 3 is 2.59 bits per heavy atom. The number of anilines is 1. The molecule has 0 aliphatic rings. The van der Waals surface area contributed by atoms with E-state index < -0.39 is 0 Å². The molecule has 2 aromatic rings. The molecule has 1 heterocycles. The first-order valence-electron chi connectivity index (χ1n) is 8.95. The van der Waals surface area contributed by atoms with Gasteiger partial charge in [0.2, 0.25) is 5.88 Å². The van der Waals surface area contributed by atoms with Gasteiger partial charge in [-0.1, -0.05) is 22.9 Å². The van der Waals surface area contributed by atoms with Gasteiger partial charge in [0.15, 0.2) is 11.5 Å². The van der Waals surface area contributed by atoms with Crippen LogP contribution in [0.25, 0.3) is 0 Å². The van der Waals surface area contributed by atoms with Crippen molar-refractivity contribution in [1.29, 1.82) is 0 Å². The summed E-state index contributed by atoms with van der Waals surface area (Å²) in [5.74, 6) is 1.07. The van der Waals surface area contributed by atoms with E-state index in [2.05, 4.69) is 45.0 Å². The third-order valence-electron chi connectivity index (χ3n) is 4.10. The molecule has 0 unspecified atom stereocenters. The van der Waals surface area contributed by atoms with E-state index in [9.17, 15) is 4.79 Å². The molecular weight excluding hydrogens is 410 g/mol. The van der Waals surface area contributed by atoms with Crippen molar-refractivity contribution in [2.75, 3.05) is 32.1 Å². The number of benzene rings is 1. The van der Waals surface area contributed by atoms with Crippen molar-refractivity contribution in [3.8, 4) is 17.4 Å². The Kier molecular flexibility index (Phi) is 7.47. The average molecular weight is 436 g/mol. The van der Waals surface area contributed by atoms with Crippen molar-refractivity contribution in [2.45, 2.75) is 27.2 Å². The number of aromatic nitrogens is 1. The zero-order valence-corrected chi connectivity index (χ0v) is 18.0. The molecule has 1 aromatic carbocycles. The molecule has 146 valence electrons. The number of rotatable bonds is 8. The van der Waals surface area contributed by atoms with Gasteiger partial charge >= 0.3 is 0 Å². The highest BCUT2D eigenvalue weighted by atomic mass is 79.9. The fraction of sp³-hybridized carbons (Fsp3) is 0.400. The van der Waals surface area contributed by atoms with Gasteiger partial charge in [-0.3, -0.25) is 4.79 Å². The summed E-state index contributed by atoms with van der Waals surface area (Å²) in [5.41, 5.74) is 2.01. The SMILES string of the molecule is CCCN(CC)c1cc(C)nc(Oc2ccc(Br)cc2OC)c1C(=O)NC. The number of amides is 1. The van der Waals surface area contributed by atoms with E-state index in [4.69, 9.17) is 9.47 Å². The van der Waals surface area contributed by atoms with Crippen molar-refractivity contribution in [3.63, 3.8) is 0 Å². The van der Waals surface area contributed by atoms with Gasteiger partial charge in [0, 0.05) is 30.3 Å². The van der Waals surface area contributed by atoms with E-state index in [0.717, 1.165) is 35.4 Å². The lowest BCUT2D eigenvalue weighted by atomic mass is 10.1. The van der Waals surface area contributed by atoms with Crippen LogP contribution in [0.3, 0.4) is 0 Å². The highest BCUT2D eigenvalue weighted by Gasteiger charge is 2.23. The summed E-state index contributed by atoms with van der Waals surface area (Å²) in [6.07, 6.45) is 0.971. The number of hydrogen-bond acceptors (Lipinski definition) is 5. The number of ether oxygens (including phenoxy) is 2. The van der Waals surface area contributed by atoms with E-state index in [1.54, 1.807) is 26.3 Å². The third-order valence-corrected chi connectivity index (χ3v) is 4.59. The molecule has 0 atom stereocenters. The minimum Gasteiger partial charge on any atom is -0.493 e. The quantitative estimate of drug-likeness (QED) is 0.658. The zero-order valence-electron chi connectivity index (χ0n) is 16.4. The van der Waals surface area contributed by atoms with Crippen LogP contribution in [0.1, 0.15) is 36.3 Å². The van der Waals surface area contributed by atoms with Gasteiger partial charge in [-0.2, -0.15) is 0 Å². The third kappa shape index (κ3) is 4.91. The fourth-order valence-corrected chi connectivity index (χ4v) is 3.18. The normalized spacial score (nSPS) is 10.4. The molecule has 0 bridgehead atoms. The highest BCUT2D eigenvalue weighted by molar-refractivity contribution is 9.10. The number of pyridine rings is 1. The Morgan fingerprint density at radius 1 is 1.26 bits per heavy atom. The van der Waals surface area contributed by atoms with Gasteiger partial charge in [-0.25, -0.2) is 4.98 Å². The van der Waals surface area contributed by atoms with E-state index in [1.807, 2.05) is 19.1 Å². The summed E-state index contributed by atoms with van der Waals surface area (Å²) in [6, 6.07) is 7.36. The summed E-state index contributed by atoms with van der Waals surface area (Å²) in [6.45, 7) is 7.69. The topological polar surface area (TPSA) is 63.7 Å². The summed E-state index contributed by atoms with van der Waals surface area (Å²) >= 11 is 3.42. The summed E-state index contributed by atoms with van der Waals surface area (Å²) in [4.78, 5) is 19.3. The number of nitrogens with zero attached hydrogens (tertiary/aromatic N) is 2. The molecule has 2 rings (SSSR count). The van der Waals surface area contributed by atoms with Crippen molar-refractivity contribution < 1.29 is 14.3 Å². The van der Waals surface area contributed by atoms with Crippen LogP contribution in [0.15, 0.2) is 28.7 Å². The molecule has 0 saturated carbocycles. The molecule has 7 heteroatoms. The number of aryl methyl sites for hydroxylation is 1. The van der Waals surface area contributed by atoms with Gasteiger partial charge in [0.1, 0.15) is 5.56 Å². The second kappa shape index (κ2) is 9.60. The smallest absolute Gasteiger partial charge is 0.258 e. The lowest BCUT2D eigenvalue weighted by molar-refractivity contribution is 0.0960. The van der Waals surface area contributed by atoms with E-state index in [1.165, 1.54) is 0 Å². The molecule has 0 aliphatic carbocycles. The summed E-state index contributed by atoms with van der Waals surface area (Å²) < 4.78 is 12.3. The van der Waals surface area contributed by atoms with Gasteiger partial charge < -0.3 is 19.7 Å². The van der Waals surface area contributed by atoms with Crippen molar-refractivity contribution in [1.82, 2.24) is 10.3 Å². The predicted octanol–water partition coefficient (Wildman–Crippen LogP) is 4.55. The van der Waals surface area contributed by atoms with Crippen molar-refractivity contribution >= 4 is 27.5 Å². The number of hydrogen-bond donors (Lipinski definition) is 1. The largest absolute Gasteiger partial charge is 0.493 e. The molecule has 27 heavy (non-hydrogen) atoms. The van der Waals surface area contributed by atoms with Gasteiger partial charge in [0.25, 0.3) is 5.91 Å². The number of carbonyl (C=O) groups is 1. The van der Waals surface area contributed by atoms with Crippen LogP contribution in [0.5, 0.6) is 17.4 Å². The molecule has 1 aromatic heterocycles. The molecule has 0 radical (unpaired) electrons. The fourth-order valence-electron chi connectivity index (χ4n) is 2.84. The van der Waals surface area contributed by atoms with Crippen LogP contribution in [0, 0.1) is 6.92 Å². The number of nitrogens with one attached hydrogen (secondary N) is 1. The lowest BCUT2D eigenvalue weighted by Crippen LogP contribution is -2.29.